The van der Waals surface area contributed by atoms with E-state index >= 15 is 0 Å². The van der Waals surface area contributed by atoms with E-state index in [0.717, 1.165) is 12.8 Å². The predicted octanol–water partition coefficient (Wildman–Crippen LogP) is 2.40. The van der Waals surface area contributed by atoms with Crippen LogP contribution in [0.2, 0.25) is 0 Å². The molecule has 0 fully saturated rings. The maximum Gasteiger partial charge on any atom is 0.404 e. The lowest BCUT2D eigenvalue weighted by atomic mass is 10.2. The number of ether oxygens (including phenoxy) is 2. The van der Waals surface area contributed by atoms with Gasteiger partial charge in [-0.2, -0.15) is 0 Å². The highest BCUT2D eigenvalue weighted by molar-refractivity contribution is 5.81. The Kier molecular flexibility index (Phi) is 15.2. The first-order chi connectivity index (χ1) is 8.08. The van der Waals surface area contributed by atoms with Crippen LogP contribution >= 0.6 is 0 Å². The zero-order valence-corrected chi connectivity index (χ0v) is 10.7. The molecular formula is C12H23NO4. The number of amides is 1. The Bertz CT molecular complexity index is 217. The van der Waals surface area contributed by atoms with Gasteiger partial charge in [-0.15, -0.1) is 0 Å². The SMILES string of the molecule is C=CC(=O)OCCCCCC.CCOC(N)=O. The molecule has 0 aliphatic heterocycles. The van der Waals surface area contributed by atoms with Crippen LogP contribution in [0.1, 0.15) is 39.5 Å². The molecular weight excluding hydrogens is 222 g/mol. The number of hydrogen-bond donors (Lipinski definition) is 1. The number of primary amides is 1. The average Bonchev–Trinajstić information content (AvgIpc) is 2.29. The second kappa shape index (κ2) is 14.5. The van der Waals surface area contributed by atoms with E-state index in [1.54, 1.807) is 6.92 Å². The van der Waals surface area contributed by atoms with Gasteiger partial charge >= 0.3 is 12.1 Å². The largest absolute Gasteiger partial charge is 0.463 e. The number of hydrogen-bond acceptors (Lipinski definition) is 4. The molecule has 100 valence electrons. The molecule has 0 saturated heterocycles. The van der Waals surface area contributed by atoms with Crippen molar-refractivity contribution in [3.63, 3.8) is 0 Å². The molecule has 0 aliphatic carbocycles. The van der Waals surface area contributed by atoms with E-state index in [0.29, 0.717) is 13.2 Å². The third-order valence-corrected chi connectivity index (χ3v) is 1.70. The van der Waals surface area contributed by atoms with E-state index in [9.17, 15) is 9.59 Å². The molecule has 2 N–H and O–H groups in total. The van der Waals surface area contributed by atoms with Gasteiger partial charge in [-0.25, -0.2) is 9.59 Å². The molecule has 0 atom stereocenters. The molecule has 5 heteroatoms. The molecule has 17 heavy (non-hydrogen) atoms. The normalized spacial score (nSPS) is 8.59. The summed E-state index contributed by atoms with van der Waals surface area (Å²) >= 11 is 0. The molecule has 0 rings (SSSR count). The van der Waals surface area contributed by atoms with Crippen LogP contribution in [0.15, 0.2) is 12.7 Å². The molecule has 0 aromatic carbocycles. The van der Waals surface area contributed by atoms with Gasteiger partial charge in [0.25, 0.3) is 0 Å². The Morgan fingerprint density at radius 2 is 1.82 bits per heavy atom. The predicted molar refractivity (Wildman–Crippen MR) is 66.5 cm³/mol. The van der Waals surface area contributed by atoms with Gasteiger partial charge in [0.15, 0.2) is 0 Å². The number of rotatable bonds is 7. The maximum absolute atomic E-state index is 10.5. The summed E-state index contributed by atoms with van der Waals surface area (Å²) < 4.78 is 8.96. The molecule has 5 nitrogen and oxygen atoms in total. The van der Waals surface area contributed by atoms with Gasteiger partial charge < -0.3 is 15.2 Å². The zero-order chi connectivity index (χ0) is 13.5. The maximum atomic E-state index is 10.5. The van der Waals surface area contributed by atoms with Gasteiger partial charge in [0.2, 0.25) is 0 Å². The lowest BCUT2D eigenvalue weighted by Gasteiger charge is -1.99. The van der Waals surface area contributed by atoms with Crippen molar-refractivity contribution >= 4 is 12.1 Å². The molecule has 0 radical (unpaired) electrons. The number of esters is 1. The molecule has 0 heterocycles. The highest BCUT2D eigenvalue weighted by Crippen LogP contribution is 1.98. The van der Waals surface area contributed by atoms with Crippen LogP contribution in [0.5, 0.6) is 0 Å². The summed E-state index contributed by atoms with van der Waals surface area (Å²) in [6.07, 6.45) is 5.01. The van der Waals surface area contributed by atoms with E-state index in [4.69, 9.17) is 4.74 Å². The summed E-state index contributed by atoms with van der Waals surface area (Å²) in [5.74, 6) is -0.318. The highest BCUT2D eigenvalue weighted by atomic mass is 16.5. The number of carbonyl (C=O) groups is 2. The van der Waals surface area contributed by atoms with Crippen LogP contribution in [0.25, 0.3) is 0 Å². The van der Waals surface area contributed by atoms with E-state index in [1.807, 2.05) is 0 Å². The second-order valence-corrected chi connectivity index (χ2v) is 3.18. The summed E-state index contributed by atoms with van der Waals surface area (Å²) in [7, 11) is 0. The van der Waals surface area contributed by atoms with Crippen molar-refractivity contribution in [1.29, 1.82) is 0 Å². The zero-order valence-electron chi connectivity index (χ0n) is 10.7. The van der Waals surface area contributed by atoms with Gasteiger partial charge in [-0.3, -0.25) is 0 Å². The van der Waals surface area contributed by atoms with E-state index in [-0.39, 0.29) is 5.97 Å². The summed E-state index contributed by atoms with van der Waals surface area (Å²) in [5, 5.41) is 0. The van der Waals surface area contributed by atoms with Gasteiger partial charge in [-0.1, -0.05) is 32.8 Å². The van der Waals surface area contributed by atoms with Crippen molar-refractivity contribution in [2.75, 3.05) is 13.2 Å². The second-order valence-electron chi connectivity index (χ2n) is 3.18. The van der Waals surface area contributed by atoms with Crippen molar-refractivity contribution in [2.24, 2.45) is 5.73 Å². The van der Waals surface area contributed by atoms with Crippen molar-refractivity contribution < 1.29 is 19.1 Å². The molecule has 0 aromatic rings. The van der Waals surface area contributed by atoms with Crippen molar-refractivity contribution in [3.8, 4) is 0 Å². The van der Waals surface area contributed by atoms with Crippen molar-refractivity contribution in [1.82, 2.24) is 0 Å². The topological polar surface area (TPSA) is 78.6 Å². The molecule has 0 spiro atoms. The number of nitrogens with two attached hydrogens (primary N) is 1. The molecule has 0 aromatic heterocycles. The van der Waals surface area contributed by atoms with Gasteiger partial charge in [0, 0.05) is 6.08 Å². The summed E-state index contributed by atoms with van der Waals surface area (Å²) in [5.41, 5.74) is 4.54. The Balaban J connectivity index is 0. The summed E-state index contributed by atoms with van der Waals surface area (Å²) in [6, 6.07) is 0. The minimum Gasteiger partial charge on any atom is -0.463 e. The quantitative estimate of drug-likeness (QED) is 0.424. The van der Waals surface area contributed by atoms with E-state index in [2.05, 4.69) is 24.0 Å². The van der Waals surface area contributed by atoms with Crippen LogP contribution in [0.4, 0.5) is 4.79 Å². The van der Waals surface area contributed by atoms with Gasteiger partial charge in [-0.05, 0) is 13.3 Å². The minimum absolute atomic E-state index is 0.318. The van der Waals surface area contributed by atoms with Crippen LogP contribution in [-0.4, -0.2) is 25.3 Å². The standard InChI is InChI=1S/C9H16O2.C3H7NO2/c1-3-5-6-7-8-11-9(10)4-2;1-2-6-3(4)5/h4H,2-3,5-8H2,1H3;2H2,1H3,(H2,4,5). The van der Waals surface area contributed by atoms with Crippen molar-refractivity contribution in [3.05, 3.63) is 12.7 Å². The lowest BCUT2D eigenvalue weighted by Crippen LogP contribution is -2.11. The van der Waals surface area contributed by atoms with Crippen LogP contribution in [0, 0.1) is 0 Å². The third kappa shape index (κ3) is 20.5. The number of carbonyl (C=O) groups excluding carboxylic acids is 2. The van der Waals surface area contributed by atoms with Gasteiger partial charge in [0.05, 0.1) is 13.2 Å². The Morgan fingerprint density at radius 3 is 2.18 bits per heavy atom. The van der Waals surface area contributed by atoms with Crippen molar-refractivity contribution in [2.45, 2.75) is 39.5 Å². The lowest BCUT2D eigenvalue weighted by molar-refractivity contribution is -0.137. The van der Waals surface area contributed by atoms with Crippen LogP contribution in [0.3, 0.4) is 0 Å². The third-order valence-electron chi connectivity index (χ3n) is 1.70. The first-order valence-electron chi connectivity index (χ1n) is 5.79. The Morgan fingerprint density at radius 1 is 1.18 bits per heavy atom. The molecule has 0 bridgehead atoms. The fourth-order valence-corrected chi connectivity index (χ4v) is 0.903. The van der Waals surface area contributed by atoms with Crippen LogP contribution in [-0.2, 0) is 14.3 Å². The van der Waals surface area contributed by atoms with Gasteiger partial charge in [0.1, 0.15) is 0 Å². The van der Waals surface area contributed by atoms with Crippen LogP contribution < -0.4 is 5.73 Å². The fraction of sp³-hybridized carbons (Fsp3) is 0.667. The number of unbranched alkanes of at least 4 members (excludes halogenated alkanes) is 3. The first kappa shape index (κ1) is 17.9. The van der Waals surface area contributed by atoms with E-state index in [1.165, 1.54) is 18.9 Å². The fourth-order valence-electron chi connectivity index (χ4n) is 0.903. The smallest absolute Gasteiger partial charge is 0.404 e. The molecule has 1 amide bonds. The average molecular weight is 245 g/mol. The first-order valence-corrected chi connectivity index (χ1v) is 5.79. The molecule has 0 aliphatic rings. The summed E-state index contributed by atoms with van der Waals surface area (Å²) in [4.78, 5) is 20.1. The minimum atomic E-state index is -0.711. The Labute approximate surface area is 103 Å². The molecule has 0 saturated carbocycles. The summed E-state index contributed by atoms with van der Waals surface area (Å²) in [6.45, 7) is 8.04. The molecule has 0 unspecified atom stereocenters. The van der Waals surface area contributed by atoms with E-state index < -0.39 is 6.09 Å². The Hall–Kier alpha value is -1.52. The monoisotopic (exact) mass is 245 g/mol. The highest BCUT2D eigenvalue weighted by Gasteiger charge is 1.93.